The van der Waals surface area contributed by atoms with Crippen LogP contribution < -0.4 is 10.3 Å². The standard InChI is InChI=1S/C24H19BrClN5O4/c1-24(2,3)23-29-19-7-5-15(25)11-17(19)22(32)30(23)28-12-14-4-8-20(18(26)10-14)35-21-9-6-16(13-27-21)31(33)34/h4-13H,1-3H3. The average molecular weight is 557 g/mol. The van der Waals surface area contributed by atoms with Crippen LogP contribution in [0.3, 0.4) is 0 Å². The van der Waals surface area contributed by atoms with Crippen molar-refractivity contribution in [3.05, 3.63) is 96.1 Å². The van der Waals surface area contributed by atoms with Crippen LogP contribution in [0.5, 0.6) is 11.6 Å². The molecule has 4 rings (SSSR count). The zero-order valence-electron chi connectivity index (χ0n) is 18.9. The number of aromatic nitrogens is 3. The Labute approximate surface area is 213 Å². The molecule has 2 heterocycles. The summed E-state index contributed by atoms with van der Waals surface area (Å²) in [5.41, 5.74) is 0.354. The van der Waals surface area contributed by atoms with Crippen LogP contribution >= 0.6 is 27.5 Å². The molecule has 0 aliphatic heterocycles. The second-order valence-electron chi connectivity index (χ2n) is 8.61. The highest BCUT2D eigenvalue weighted by Gasteiger charge is 2.23. The van der Waals surface area contributed by atoms with Gasteiger partial charge in [-0.25, -0.2) is 9.97 Å². The van der Waals surface area contributed by atoms with E-state index in [1.807, 2.05) is 26.8 Å². The maximum Gasteiger partial charge on any atom is 0.287 e. The molecule has 0 fully saturated rings. The van der Waals surface area contributed by atoms with Crippen molar-refractivity contribution >= 4 is 50.3 Å². The first-order valence-corrected chi connectivity index (χ1v) is 11.5. The summed E-state index contributed by atoms with van der Waals surface area (Å²) in [6.45, 7) is 5.88. The van der Waals surface area contributed by atoms with E-state index < -0.39 is 10.3 Å². The van der Waals surface area contributed by atoms with E-state index in [1.165, 1.54) is 23.0 Å². The molecule has 0 saturated carbocycles. The maximum absolute atomic E-state index is 13.3. The van der Waals surface area contributed by atoms with Gasteiger partial charge in [-0.2, -0.15) is 9.78 Å². The Bertz CT molecular complexity index is 1530. The fraction of sp³-hybridized carbons (Fsp3) is 0.167. The molecule has 0 aliphatic rings. The van der Waals surface area contributed by atoms with Crippen LogP contribution in [0.25, 0.3) is 10.9 Å². The van der Waals surface area contributed by atoms with Crippen molar-refractivity contribution in [2.45, 2.75) is 26.2 Å². The van der Waals surface area contributed by atoms with Gasteiger partial charge in [0.25, 0.3) is 11.2 Å². The summed E-state index contributed by atoms with van der Waals surface area (Å²) in [6.07, 6.45) is 2.62. The summed E-state index contributed by atoms with van der Waals surface area (Å²) in [7, 11) is 0. The molecule has 0 saturated heterocycles. The third kappa shape index (κ3) is 5.39. The van der Waals surface area contributed by atoms with Gasteiger partial charge in [-0.1, -0.05) is 48.3 Å². The van der Waals surface area contributed by atoms with Gasteiger partial charge < -0.3 is 4.74 Å². The number of hydrogen-bond acceptors (Lipinski definition) is 7. The number of ether oxygens (including phenoxy) is 1. The molecule has 0 atom stereocenters. The average Bonchev–Trinajstić information content (AvgIpc) is 2.80. The highest BCUT2D eigenvalue weighted by molar-refractivity contribution is 9.10. The van der Waals surface area contributed by atoms with Crippen LogP contribution in [0, 0.1) is 10.1 Å². The van der Waals surface area contributed by atoms with Gasteiger partial charge >= 0.3 is 0 Å². The van der Waals surface area contributed by atoms with E-state index in [4.69, 9.17) is 16.3 Å². The fourth-order valence-electron chi connectivity index (χ4n) is 3.20. The Morgan fingerprint density at radius 2 is 1.94 bits per heavy atom. The maximum atomic E-state index is 13.3. The predicted molar refractivity (Wildman–Crippen MR) is 138 cm³/mol. The molecule has 0 aliphatic carbocycles. The number of nitrogens with zero attached hydrogens (tertiary/aromatic N) is 5. The van der Waals surface area contributed by atoms with Crippen molar-refractivity contribution in [2.24, 2.45) is 5.10 Å². The SMILES string of the molecule is CC(C)(C)c1nc2ccc(Br)cc2c(=O)n1N=Cc1ccc(Oc2ccc([N+](=O)[O-])cn2)c(Cl)c1. The Balaban J connectivity index is 1.66. The molecular weight excluding hydrogens is 538 g/mol. The molecule has 0 N–H and O–H groups in total. The second-order valence-corrected chi connectivity index (χ2v) is 9.93. The van der Waals surface area contributed by atoms with E-state index in [-0.39, 0.29) is 22.1 Å². The second kappa shape index (κ2) is 9.55. The third-order valence-corrected chi connectivity index (χ3v) is 5.69. The van der Waals surface area contributed by atoms with Gasteiger partial charge in [-0.15, -0.1) is 0 Å². The lowest BCUT2D eigenvalue weighted by Gasteiger charge is -2.20. The lowest BCUT2D eigenvalue weighted by atomic mass is 9.95. The summed E-state index contributed by atoms with van der Waals surface area (Å²) in [5, 5.41) is 15.9. The minimum absolute atomic E-state index is 0.143. The first-order valence-electron chi connectivity index (χ1n) is 10.4. The Morgan fingerprint density at radius 3 is 2.57 bits per heavy atom. The lowest BCUT2D eigenvalue weighted by Crippen LogP contribution is -2.29. The van der Waals surface area contributed by atoms with Crippen LogP contribution in [-0.2, 0) is 5.41 Å². The number of hydrogen-bond donors (Lipinski definition) is 0. The van der Waals surface area contributed by atoms with E-state index in [1.54, 1.807) is 30.3 Å². The Morgan fingerprint density at radius 1 is 1.17 bits per heavy atom. The summed E-state index contributed by atoms with van der Waals surface area (Å²) < 4.78 is 7.69. The normalized spacial score (nSPS) is 11.8. The van der Waals surface area contributed by atoms with Crippen molar-refractivity contribution < 1.29 is 9.66 Å². The van der Waals surface area contributed by atoms with E-state index >= 15 is 0 Å². The van der Waals surface area contributed by atoms with Crippen molar-refractivity contribution in [3.8, 4) is 11.6 Å². The quantitative estimate of drug-likeness (QED) is 0.167. The van der Waals surface area contributed by atoms with Crippen LogP contribution in [0.15, 0.2) is 69.1 Å². The zero-order chi connectivity index (χ0) is 25.3. The number of nitro groups is 1. The van der Waals surface area contributed by atoms with Crippen LogP contribution in [-0.4, -0.2) is 25.8 Å². The molecule has 0 radical (unpaired) electrons. The molecule has 178 valence electrons. The number of benzene rings is 2. The van der Waals surface area contributed by atoms with Crippen molar-refractivity contribution in [2.75, 3.05) is 0 Å². The van der Waals surface area contributed by atoms with Gasteiger partial charge in [-0.3, -0.25) is 14.9 Å². The van der Waals surface area contributed by atoms with Crippen LogP contribution in [0.2, 0.25) is 5.02 Å². The minimum atomic E-state index is -0.543. The minimum Gasteiger partial charge on any atom is -0.437 e. The molecule has 2 aromatic carbocycles. The highest BCUT2D eigenvalue weighted by atomic mass is 79.9. The van der Waals surface area contributed by atoms with E-state index in [2.05, 4.69) is 31.0 Å². The van der Waals surface area contributed by atoms with E-state index in [0.717, 1.165) is 10.7 Å². The number of pyridine rings is 1. The Kier molecular flexibility index (Phi) is 6.68. The topological polar surface area (TPSA) is 113 Å². The molecule has 0 amide bonds. The smallest absolute Gasteiger partial charge is 0.287 e. The molecule has 0 spiro atoms. The third-order valence-electron chi connectivity index (χ3n) is 4.90. The molecule has 4 aromatic rings. The first kappa shape index (κ1) is 24.5. The van der Waals surface area contributed by atoms with Crippen LogP contribution in [0.4, 0.5) is 5.69 Å². The van der Waals surface area contributed by atoms with Gasteiger partial charge in [-0.05, 0) is 42.0 Å². The summed E-state index contributed by atoms with van der Waals surface area (Å²) in [6, 6.07) is 13.0. The first-order chi connectivity index (χ1) is 16.5. The highest BCUT2D eigenvalue weighted by Crippen LogP contribution is 2.29. The monoisotopic (exact) mass is 555 g/mol. The summed E-state index contributed by atoms with van der Waals surface area (Å²) in [4.78, 5) is 32.1. The van der Waals surface area contributed by atoms with Crippen LogP contribution in [0.1, 0.15) is 32.2 Å². The summed E-state index contributed by atoms with van der Waals surface area (Å²) >= 11 is 9.76. The summed E-state index contributed by atoms with van der Waals surface area (Å²) in [5.74, 6) is 0.993. The molecule has 2 aromatic heterocycles. The number of fused-ring (bicyclic) bond motifs is 1. The van der Waals surface area contributed by atoms with Crippen molar-refractivity contribution in [3.63, 3.8) is 0 Å². The molecule has 35 heavy (non-hydrogen) atoms. The zero-order valence-corrected chi connectivity index (χ0v) is 21.2. The van der Waals surface area contributed by atoms with E-state index in [9.17, 15) is 14.9 Å². The predicted octanol–water partition coefficient (Wildman–Crippen LogP) is 6.09. The Hall–Kier alpha value is -3.63. The van der Waals surface area contributed by atoms with Crippen molar-refractivity contribution in [1.29, 1.82) is 0 Å². The van der Waals surface area contributed by atoms with Gasteiger partial charge in [0.05, 0.1) is 27.1 Å². The van der Waals surface area contributed by atoms with Gasteiger partial charge in [0.15, 0.2) is 0 Å². The number of rotatable bonds is 5. The molecule has 11 heteroatoms. The van der Waals surface area contributed by atoms with Gasteiger partial charge in [0, 0.05) is 22.0 Å². The van der Waals surface area contributed by atoms with E-state index in [0.29, 0.717) is 28.0 Å². The fourth-order valence-corrected chi connectivity index (χ4v) is 3.79. The van der Waals surface area contributed by atoms with Gasteiger partial charge in [0.1, 0.15) is 17.8 Å². The lowest BCUT2D eigenvalue weighted by molar-refractivity contribution is -0.385. The number of halogens is 2. The molecule has 9 nitrogen and oxygen atoms in total. The largest absolute Gasteiger partial charge is 0.437 e. The molecule has 0 unspecified atom stereocenters. The molecular formula is C24H19BrClN5O4. The molecule has 0 bridgehead atoms. The van der Waals surface area contributed by atoms with Crippen molar-refractivity contribution in [1.82, 2.24) is 14.6 Å². The van der Waals surface area contributed by atoms with Gasteiger partial charge in [0.2, 0.25) is 5.88 Å².